The fourth-order valence-corrected chi connectivity index (χ4v) is 6.98. The van der Waals surface area contributed by atoms with Gasteiger partial charge in [-0.2, -0.15) is 13.2 Å². The van der Waals surface area contributed by atoms with Crippen LogP contribution in [0.25, 0.3) is 11.1 Å². The lowest BCUT2D eigenvalue weighted by Crippen LogP contribution is -2.50. The van der Waals surface area contributed by atoms with Crippen molar-refractivity contribution in [1.29, 1.82) is 0 Å². The predicted octanol–water partition coefficient (Wildman–Crippen LogP) is 6.05. The Morgan fingerprint density at radius 3 is 2.27 bits per heavy atom. The van der Waals surface area contributed by atoms with Gasteiger partial charge in [0.1, 0.15) is 6.04 Å². The molecule has 3 saturated heterocycles. The quantitative estimate of drug-likeness (QED) is 0.290. The monoisotopic (exact) mass is 665 g/mol. The minimum Gasteiger partial charge on any atom is -0.392 e. The molecule has 0 saturated carbocycles. The molecule has 0 unspecified atom stereocenters. The predicted molar refractivity (Wildman–Crippen MR) is 173 cm³/mol. The molecule has 48 heavy (non-hydrogen) atoms. The molecule has 11 heteroatoms. The van der Waals surface area contributed by atoms with Gasteiger partial charge < -0.3 is 29.7 Å². The van der Waals surface area contributed by atoms with Crippen LogP contribution in [0.5, 0.6) is 0 Å². The minimum absolute atomic E-state index is 0.0148. The highest BCUT2D eigenvalue weighted by molar-refractivity contribution is 5.90. The van der Waals surface area contributed by atoms with Crippen molar-refractivity contribution in [2.45, 2.75) is 82.4 Å². The van der Waals surface area contributed by atoms with Gasteiger partial charge in [-0.1, -0.05) is 79.2 Å². The van der Waals surface area contributed by atoms with Gasteiger partial charge in [-0.15, -0.1) is 0 Å². The van der Waals surface area contributed by atoms with Crippen LogP contribution in [0.3, 0.4) is 0 Å². The van der Waals surface area contributed by atoms with Crippen LogP contribution in [0.15, 0.2) is 72.8 Å². The molecule has 0 aliphatic carbocycles. The number of alkyl halides is 3. The summed E-state index contributed by atoms with van der Waals surface area (Å²) in [6.45, 7) is 2.97. The number of amides is 2. The van der Waals surface area contributed by atoms with Gasteiger partial charge in [-0.3, -0.25) is 9.59 Å². The number of carbonyl (C=O) groups excluding carboxylic acids is 2. The summed E-state index contributed by atoms with van der Waals surface area (Å²) in [5, 5.41) is 12.3. The Labute approximate surface area is 278 Å². The molecule has 0 radical (unpaired) electrons. The molecule has 3 aromatic rings. The third-order valence-electron chi connectivity index (χ3n) is 9.55. The Morgan fingerprint density at radius 1 is 0.854 bits per heavy atom. The Hall–Kier alpha value is -3.77. The Bertz CT molecular complexity index is 1540. The smallest absolute Gasteiger partial charge is 0.392 e. The van der Waals surface area contributed by atoms with Gasteiger partial charge in [0.25, 0.3) is 0 Å². The first kappa shape index (κ1) is 34.1. The lowest BCUT2D eigenvalue weighted by atomic mass is 9.97. The highest BCUT2D eigenvalue weighted by Gasteiger charge is 2.47. The molecule has 3 aromatic carbocycles. The average molecular weight is 666 g/mol. The van der Waals surface area contributed by atoms with Crippen molar-refractivity contribution in [3.8, 4) is 11.1 Å². The second-order valence-electron chi connectivity index (χ2n) is 12.9. The van der Waals surface area contributed by atoms with Gasteiger partial charge >= 0.3 is 12.1 Å². The molecule has 0 aromatic heterocycles. The fraction of sp³-hybridized carbons (Fsp3) is 0.459. The van der Waals surface area contributed by atoms with E-state index in [1.807, 2.05) is 72.8 Å². The Balaban J connectivity index is 1.15. The molecule has 3 fully saturated rings. The van der Waals surface area contributed by atoms with Crippen LogP contribution in [-0.4, -0.2) is 71.2 Å². The van der Waals surface area contributed by atoms with Gasteiger partial charge in [0.05, 0.1) is 18.8 Å². The highest BCUT2D eigenvalue weighted by Crippen LogP contribution is 2.39. The van der Waals surface area contributed by atoms with Crippen molar-refractivity contribution in [2.24, 2.45) is 0 Å². The van der Waals surface area contributed by atoms with E-state index in [1.165, 1.54) is 19.3 Å². The molecule has 2 N–H and O–H groups in total. The number of aliphatic hydroxyl groups excluding tert-OH is 1. The molecule has 256 valence electrons. The second kappa shape index (κ2) is 15.2. The number of halogens is 3. The molecule has 6 rings (SSSR count). The van der Waals surface area contributed by atoms with Crippen molar-refractivity contribution >= 4 is 11.8 Å². The van der Waals surface area contributed by atoms with Gasteiger partial charge in [-0.05, 0) is 66.6 Å². The zero-order chi connectivity index (χ0) is 33.7. The van der Waals surface area contributed by atoms with E-state index in [2.05, 4.69) is 10.2 Å². The van der Waals surface area contributed by atoms with Crippen LogP contribution >= 0.6 is 0 Å². The zero-order valence-corrected chi connectivity index (χ0v) is 26.8. The van der Waals surface area contributed by atoms with Gasteiger partial charge in [-0.25, -0.2) is 0 Å². The van der Waals surface area contributed by atoms with E-state index in [4.69, 9.17) is 9.47 Å². The summed E-state index contributed by atoms with van der Waals surface area (Å²) in [7, 11) is 0. The summed E-state index contributed by atoms with van der Waals surface area (Å²) < 4.78 is 52.3. The number of rotatable bonds is 9. The summed E-state index contributed by atoms with van der Waals surface area (Å²) in [4.78, 5) is 27.9. The van der Waals surface area contributed by atoms with E-state index < -0.39 is 30.3 Å². The van der Waals surface area contributed by atoms with Crippen molar-refractivity contribution in [2.75, 3.05) is 26.2 Å². The first-order valence-electron chi connectivity index (χ1n) is 16.8. The summed E-state index contributed by atoms with van der Waals surface area (Å²) in [6, 6.07) is 22.1. The summed E-state index contributed by atoms with van der Waals surface area (Å²) in [6.07, 6.45) is -0.867. The van der Waals surface area contributed by atoms with Gasteiger partial charge in [0.15, 0.2) is 6.29 Å². The second-order valence-corrected chi connectivity index (χ2v) is 12.9. The van der Waals surface area contributed by atoms with E-state index in [-0.39, 0.29) is 38.3 Å². The van der Waals surface area contributed by atoms with Crippen LogP contribution in [0.4, 0.5) is 13.2 Å². The van der Waals surface area contributed by atoms with Gasteiger partial charge in [0, 0.05) is 31.6 Å². The number of nitrogens with zero attached hydrogens (tertiary/aromatic N) is 2. The van der Waals surface area contributed by atoms with E-state index in [0.717, 1.165) is 59.4 Å². The minimum atomic E-state index is -5.02. The van der Waals surface area contributed by atoms with E-state index >= 15 is 0 Å². The summed E-state index contributed by atoms with van der Waals surface area (Å²) >= 11 is 0. The third-order valence-corrected chi connectivity index (χ3v) is 9.55. The molecular weight excluding hydrogens is 623 g/mol. The highest BCUT2D eigenvalue weighted by atomic mass is 19.4. The molecule has 8 nitrogen and oxygen atoms in total. The maximum Gasteiger partial charge on any atom is 0.471 e. The maximum atomic E-state index is 13.1. The van der Waals surface area contributed by atoms with E-state index in [1.54, 1.807) is 0 Å². The van der Waals surface area contributed by atoms with Crippen LogP contribution in [0.2, 0.25) is 0 Å². The van der Waals surface area contributed by atoms with Crippen LogP contribution in [0.1, 0.15) is 73.2 Å². The molecule has 4 atom stereocenters. The van der Waals surface area contributed by atoms with Crippen LogP contribution in [-0.2, 0) is 32.2 Å². The number of nitrogens with one attached hydrogen (secondary N) is 1. The van der Waals surface area contributed by atoms with Crippen LogP contribution < -0.4 is 5.32 Å². The number of hydrogen-bond donors (Lipinski definition) is 2. The summed E-state index contributed by atoms with van der Waals surface area (Å²) in [5.41, 5.74) is 5.33. The lowest BCUT2D eigenvalue weighted by Gasteiger charge is -2.39. The topological polar surface area (TPSA) is 91.3 Å². The largest absolute Gasteiger partial charge is 0.471 e. The molecule has 2 amide bonds. The molecule has 0 spiro atoms. The van der Waals surface area contributed by atoms with Crippen molar-refractivity contribution in [1.82, 2.24) is 15.1 Å². The first-order valence-corrected chi connectivity index (χ1v) is 16.8. The van der Waals surface area contributed by atoms with Gasteiger partial charge in [0.2, 0.25) is 5.91 Å². The fourth-order valence-electron chi connectivity index (χ4n) is 6.98. The SMILES string of the molecule is O=C(NCc1ccccc1-c1ccc([C@H]2O[C@@H](CN3CCCCC3)C[C@@H](c3ccc(CO)cc3)O2)cc1)[C@@H]1CCCN1C(=O)C(F)(F)F. The standard InChI is InChI=1S/C37H42F3N3O5/c38-37(39,40)36(46)43-20-6-9-32(43)34(45)41-22-29-7-2-3-8-31(29)26-14-16-28(17-15-26)35-47-30(23-42-18-4-1-5-19-42)21-33(48-35)27-12-10-25(24-44)11-13-27/h2-3,7-8,10-17,30,32-33,35,44H,1,4-6,9,18-24H2,(H,41,45)/t30-,32+,33+,35+/m1/s1. The number of likely N-dealkylation sites (tertiary alicyclic amines) is 2. The number of piperidine rings is 1. The van der Waals surface area contributed by atoms with Crippen molar-refractivity contribution < 1.29 is 37.3 Å². The van der Waals surface area contributed by atoms with E-state index in [9.17, 15) is 27.9 Å². The summed E-state index contributed by atoms with van der Waals surface area (Å²) in [5.74, 6) is -2.57. The molecule has 3 aliphatic heterocycles. The normalized spacial score (nSPS) is 23.6. The molecule has 3 aliphatic rings. The molecular formula is C37H42F3N3O5. The third kappa shape index (κ3) is 8.08. The number of aliphatic hydroxyl groups is 1. The number of ether oxygens (including phenoxy) is 2. The first-order chi connectivity index (χ1) is 23.2. The maximum absolute atomic E-state index is 13.1. The number of hydrogen-bond acceptors (Lipinski definition) is 6. The Kier molecular flexibility index (Phi) is 10.8. The van der Waals surface area contributed by atoms with Crippen molar-refractivity contribution in [3.05, 3.63) is 95.1 Å². The average Bonchev–Trinajstić information content (AvgIpc) is 3.60. The number of benzene rings is 3. The Morgan fingerprint density at radius 2 is 1.56 bits per heavy atom. The van der Waals surface area contributed by atoms with Crippen LogP contribution in [0, 0.1) is 0 Å². The molecule has 3 heterocycles. The zero-order valence-electron chi connectivity index (χ0n) is 26.8. The lowest BCUT2D eigenvalue weighted by molar-refractivity contribution is -0.253. The van der Waals surface area contributed by atoms with E-state index in [0.29, 0.717) is 11.3 Å². The molecule has 0 bridgehead atoms. The van der Waals surface area contributed by atoms with Crippen molar-refractivity contribution in [3.63, 3.8) is 0 Å². The number of carbonyl (C=O) groups is 2.